The molecule has 0 unspecified atom stereocenters. The van der Waals surface area contributed by atoms with E-state index in [1.54, 1.807) is 11.3 Å². The minimum absolute atomic E-state index is 0.767. The molecule has 1 saturated heterocycles. The summed E-state index contributed by atoms with van der Waals surface area (Å²) in [6, 6.07) is 6.45. The number of nitrogens with two attached hydrogens (primary N) is 1. The average molecular weight is 277 g/mol. The van der Waals surface area contributed by atoms with Gasteiger partial charge in [0.1, 0.15) is 0 Å². The van der Waals surface area contributed by atoms with E-state index >= 15 is 0 Å². The molecule has 0 bridgehead atoms. The Kier molecular flexibility index (Phi) is 3.54. The third-order valence-corrected chi connectivity index (χ3v) is 4.63. The first-order valence-electron chi connectivity index (χ1n) is 6.64. The molecule has 3 N–H and O–H groups in total. The maximum atomic E-state index is 5.41. The van der Waals surface area contributed by atoms with E-state index in [0.717, 1.165) is 43.4 Å². The zero-order valence-corrected chi connectivity index (χ0v) is 11.9. The van der Waals surface area contributed by atoms with Gasteiger partial charge in [-0.3, -0.25) is 5.43 Å². The summed E-state index contributed by atoms with van der Waals surface area (Å²) in [4.78, 5) is 9.33. The lowest BCUT2D eigenvalue weighted by molar-refractivity contribution is 0.271. The van der Waals surface area contributed by atoms with Crippen LogP contribution in [-0.2, 0) is 0 Å². The summed E-state index contributed by atoms with van der Waals surface area (Å²) in [5, 5.41) is 0.767. The number of nitrogen functional groups attached to an aromatic ring is 1. The summed E-state index contributed by atoms with van der Waals surface area (Å²) < 4.78 is 1.18. The molecule has 1 aromatic heterocycles. The molecular formula is C13H19N5S. The number of fused-ring (bicyclic) bond motifs is 1. The molecule has 0 aliphatic carbocycles. The average Bonchev–Trinajstić information content (AvgIpc) is 2.89. The lowest BCUT2D eigenvalue weighted by atomic mass is 10.2. The highest BCUT2D eigenvalue weighted by Crippen LogP contribution is 2.29. The molecule has 0 amide bonds. The first-order chi connectivity index (χ1) is 9.30. The second-order valence-electron chi connectivity index (χ2n) is 4.74. The molecular weight excluding hydrogens is 258 g/mol. The highest BCUT2D eigenvalue weighted by molar-refractivity contribution is 7.22. The summed E-state index contributed by atoms with van der Waals surface area (Å²) in [7, 11) is 0. The molecule has 5 nitrogen and oxygen atoms in total. The van der Waals surface area contributed by atoms with Gasteiger partial charge in [-0.15, -0.1) is 0 Å². The van der Waals surface area contributed by atoms with E-state index in [9.17, 15) is 0 Å². The van der Waals surface area contributed by atoms with Gasteiger partial charge >= 0.3 is 0 Å². The van der Waals surface area contributed by atoms with Crippen molar-refractivity contribution in [1.82, 2.24) is 9.88 Å². The van der Waals surface area contributed by atoms with Crippen LogP contribution >= 0.6 is 11.3 Å². The first-order valence-corrected chi connectivity index (χ1v) is 7.46. The van der Waals surface area contributed by atoms with E-state index in [-0.39, 0.29) is 0 Å². The van der Waals surface area contributed by atoms with Crippen LogP contribution in [0.2, 0.25) is 0 Å². The van der Waals surface area contributed by atoms with Crippen molar-refractivity contribution in [2.75, 3.05) is 43.0 Å². The molecule has 2 aromatic rings. The van der Waals surface area contributed by atoms with Crippen LogP contribution < -0.4 is 16.2 Å². The van der Waals surface area contributed by atoms with Crippen LogP contribution in [0.3, 0.4) is 0 Å². The number of hydrogen-bond acceptors (Lipinski definition) is 6. The van der Waals surface area contributed by atoms with E-state index < -0.39 is 0 Å². The van der Waals surface area contributed by atoms with Gasteiger partial charge in [0.15, 0.2) is 5.13 Å². The number of rotatable bonds is 3. The van der Waals surface area contributed by atoms with Crippen molar-refractivity contribution >= 4 is 32.4 Å². The molecule has 1 aliphatic heterocycles. The Morgan fingerprint density at radius 1 is 1.32 bits per heavy atom. The molecule has 1 aromatic carbocycles. The number of aromatic nitrogens is 1. The largest absolute Gasteiger partial charge is 0.369 e. The molecule has 19 heavy (non-hydrogen) atoms. The van der Waals surface area contributed by atoms with Crippen molar-refractivity contribution in [2.24, 2.45) is 5.84 Å². The van der Waals surface area contributed by atoms with E-state index in [1.807, 2.05) is 0 Å². The van der Waals surface area contributed by atoms with Crippen molar-refractivity contribution in [2.45, 2.75) is 6.92 Å². The summed E-state index contributed by atoms with van der Waals surface area (Å²) >= 11 is 1.60. The van der Waals surface area contributed by atoms with Crippen molar-refractivity contribution in [3.8, 4) is 0 Å². The van der Waals surface area contributed by atoms with E-state index in [0.29, 0.717) is 0 Å². The van der Waals surface area contributed by atoms with Crippen molar-refractivity contribution in [1.29, 1.82) is 0 Å². The second-order valence-corrected chi connectivity index (χ2v) is 5.77. The van der Waals surface area contributed by atoms with Crippen LogP contribution in [0.5, 0.6) is 0 Å². The Bertz CT molecular complexity index is 559. The van der Waals surface area contributed by atoms with Crippen molar-refractivity contribution in [3.63, 3.8) is 0 Å². The zero-order valence-electron chi connectivity index (χ0n) is 11.1. The van der Waals surface area contributed by atoms with Gasteiger partial charge in [-0.2, -0.15) is 0 Å². The molecule has 3 rings (SSSR count). The molecule has 6 heteroatoms. The molecule has 0 radical (unpaired) electrons. The van der Waals surface area contributed by atoms with Crippen molar-refractivity contribution < 1.29 is 0 Å². The highest BCUT2D eigenvalue weighted by Gasteiger charge is 2.16. The first kappa shape index (κ1) is 12.7. The van der Waals surface area contributed by atoms with Gasteiger partial charge in [-0.05, 0) is 24.7 Å². The van der Waals surface area contributed by atoms with Gasteiger partial charge in [0.2, 0.25) is 0 Å². The van der Waals surface area contributed by atoms with Gasteiger partial charge in [0.05, 0.1) is 10.2 Å². The molecule has 1 aliphatic rings. The number of anilines is 2. The Morgan fingerprint density at radius 3 is 2.79 bits per heavy atom. The predicted molar refractivity (Wildman–Crippen MR) is 81.8 cm³/mol. The maximum Gasteiger partial charge on any atom is 0.198 e. The molecule has 102 valence electrons. The van der Waals surface area contributed by atoms with Gasteiger partial charge < -0.3 is 9.80 Å². The Labute approximate surface area is 117 Å². The minimum Gasteiger partial charge on any atom is -0.369 e. The fourth-order valence-electron chi connectivity index (χ4n) is 2.49. The monoisotopic (exact) mass is 277 g/mol. The SMILES string of the molecule is CCN1CCN(c2ccc3nc(NN)sc3c2)CC1. The number of nitrogens with one attached hydrogen (secondary N) is 1. The highest BCUT2D eigenvalue weighted by atomic mass is 32.1. The lowest BCUT2D eigenvalue weighted by Gasteiger charge is -2.35. The molecule has 2 heterocycles. The molecule has 0 spiro atoms. The van der Waals surface area contributed by atoms with E-state index in [1.165, 1.54) is 10.4 Å². The van der Waals surface area contributed by atoms with Crippen LogP contribution in [0.25, 0.3) is 10.2 Å². The Morgan fingerprint density at radius 2 is 2.11 bits per heavy atom. The fraction of sp³-hybridized carbons (Fsp3) is 0.462. The lowest BCUT2D eigenvalue weighted by Crippen LogP contribution is -2.46. The second kappa shape index (κ2) is 5.32. The van der Waals surface area contributed by atoms with Crippen LogP contribution in [0.15, 0.2) is 18.2 Å². The van der Waals surface area contributed by atoms with Crippen molar-refractivity contribution in [3.05, 3.63) is 18.2 Å². The number of likely N-dealkylation sites (N-methyl/N-ethyl adjacent to an activating group) is 1. The number of piperazine rings is 1. The smallest absolute Gasteiger partial charge is 0.198 e. The van der Waals surface area contributed by atoms with Crippen LogP contribution in [0.1, 0.15) is 6.92 Å². The fourth-order valence-corrected chi connectivity index (χ4v) is 3.30. The zero-order chi connectivity index (χ0) is 13.2. The summed E-state index contributed by atoms with van der Waals surface area (Å²) in [6.45, 7) is 7.85. The molecule has 0 saturated carbocycles. The van der Waals surface area contributed by atoms with Crippen LogP contribution in [0, 0.1) is 0 Å². The Hall–Kier alpha value is -1.37. The normalized spacial score (nSPS) is 17.1. The van der Waals surface area contributed by atoms with E-state index in [2.05, 4.69) is 45.3 Å². The number of hydrogen-bond donors (Lipinski definition) is 2. The third kappa shape index (κ3) is 2.51. The quantitative estimate of drug-likeness (QED) is 0.661. The maximum absolute atomic E-state index is 5.41. The van der Waals surface area contributed by atoms with Crippen LogP contribution in [-0.4, -0.2) is 42.6 Å². The van der Waals surface area contributed by atoms with Gasteiger partial charge in [0.25, 0.3) is 0 Å². The van der Waals surface area contributed by atoms with Crippen LogP contribution in [0.4, 0.5) is 10.8 Å². The third-order valence-electron chi connectivity index (χ3n) is 3.68. The van der Waals surface area contributed by atoms with Gasteiger partial charge in [-0.25, -0.2) is 10.8 Å². The van der Waals surface area contributed by atoms with Gasteiger partial charge in [-0.1, -0.05) is 18.3 Å². The Balaban J connectivity index is 1.81. The van der Waals surface area contributed by atoms with Gasteiger partial charge in [0, 0.05) is 31.9 Å². The summed E-state index contributed by atoms with van der Waals surface area (Å²) in [5.41, 5.74) is 4.91. The standard InChI is InChI=1S/C13H19N5S/c1-2-17-5-7-18(8-6-17)10-3-4-11-12(9-10)19-13(15-11)16-14/h3-4,9H,2,5-8,14H2,1H3,(H,15,16). The molecule has 0 atom stereocenters. The van der Waals surface area contributed by atoms with E-state index in [4.69, 9.17) is 5.84 Å². The summed E-state index contributed by atoms with van der Waals surface area (Å²) in [6.07, 6.45) is 0. The number of benzene rings is 1. The number of nitrogens with zero attached hydrogens (tertiary/aromatic N) is 3. The number of hydrazine groups is 1. The predicted octanol–water partition coefficient (Wildman–Crippen LogP) is 1.72. The number of thiazole rings is 1. The minimum atomic E-state index is 0.767. The molecule has 1 fully saturated rings. The topological polar surface area (TPSA) is 57.4 Å². The summed E-state index contributed by atoms with van der Waals surface area (Å²) in [5.74, 6) is 5.41.